The smallest absolute Gasteiger partial charge is 0.383 e. The number of nitrogen functional groups attached to an aromatic ring is 1. The van der Waals surface area contributed by atoms with Gasteiger partial charge in [0, 0.05) is 18.0 Å². The van der Waals surface area contributed by atoms with Crippen molar-refractivity contribution in [3.8, 4) is 11.1 Å². The summed E-state index contributed by atoms with van der Waals surface area (Å²) in [6.45, 7) is 0. The largest absolute Gasteiger partial charge is 0.416 e. The molecule has 0 aliphatic rings. The van der Waals surface area contributed by atoms with Gasteiger partial charge in [-0.15, -0.1) is 0 Å². The second-order valence-corrected chi connectivity index (χ2v) is 4.42. The molecular weight excluding hydrogens is 271 g/mol. The van der Waals surface area contributed by atoms with Crippen LogP contribution in [0.5, 0.6) is 0 Å². The summed E-state index contributed by atoms with van der Waals surface area (Å²) in [6, 6.07) is 2.09. The first-order chi connectivity index (χ1) is 9.38. The second-order valence-electron chi connectivity index (χ2n) is 4.42. The minimum absolute atomic E-state index is 0.298. The topological polar surface area (TPSA) is 72.5 Å². The molecule has 1 aromatic carbocycles. The summed E-state index contributed by atoms with van der Waals surface area (Å²) in [5, 5.41) is 10.9. The first-order valence-electron chi connectivity index (χ1n) is 5.70. The van der Waals surface area contributed by atoms with Crippen LogP contribution >= 0.6 is 0 Å². The Morgan fingerprint density at radius 2 is 1.95 bits per heavy atom. The van der Waals surface area contributed by atoms with Gasteiger partial charge in [-0.2, -0.15) is 23.4 Å². The third-order valence-corrected chi connectivity index (χ3v) is 3.16. The summed E-state index contributed by atoms with van der Waals surface area (Å²) in [4.78, 5) is 0. The molecule has 0 saturated carbocycles. The fourth-order valence-corrected chi connectivity index (χ4v) is 2.09. The monoisotopic (exact) mass is 281 g/mol. The van der Waals surface area contributed by atoms with Crippen molar-refractivity contribution in [2.24, 2.45) is 7.05 Å². The van der Waals surface area contributed by atoms with E-state index in [9.17, 15) is 13.2 Å². The summed E-state index contributed by atoms with van der Waals surface area (Å²) >= 11 is 0. The molecule has 2 aromatic heterocycles. The molecule has 0 radical (unpaired) electrons. The number of halogens is 3. The van der Waals surface area contributed by atoms with Crippen molar-refractivity contribution in [3.05, 3.63) is 30.1 Å². The van der Waals surface area contributed by atoms with E-state index < -0.39 is 11.7 Å². The molecule has 0 spiro atoms. The van der Waals surface area contributed by atoms with E-state index in [-0.39, 0.29) is 0 Å². The van der Waals surface area contributed by atoms with E-state index in [1.54, 1.807) is 7.05 Å². The number of anilines is 1. The van der Waals surface area contributed by atoms with Gasteiger partial charge in [-0.25, -0.2) is 0 Å². The van der Waals surface area contributed by atoms with Gasteiger partial charge in [-0.05, 0) is 17.7 Å². The van der Waals surface area contributed by atoms with E-state index in [0.717, 1.165) is 12.1 Å². The molecule has 0 amide bonds. The molecule has 3 aromatic rings. The second kappa shape index (κ2) is 3.99. The van der Waals surface area contributed by atoms with E-state index in [1.807, 2.05) is 0 Å². The molecule has 5 nitrogen and oxygen atoms in total. The number of aromatic amines is 1. The predicted molar refractivity (Wildman–Crippen MR) is 67.7 cm³/mol. The summed E-state index contributed by atoms with van der Waals surface area (Å²) < 4.78 is 40.2. The fourth-order valence-electron chi connectivity index (χ4n) is 2.09. The SMILES string of the molecule is Cn1ncc(-c2cc(C(F)(F)F)cc3[nH]ncc23)c1N. The molecule has 104 valence electrons. The number of fused-ring (bicyclic) bond motifs is 1. The Labute approximate surface area is 111 Å². The van der Waals surface area contributed by atoms with Crippen molar-refractivity contribution in [1.82, 2.24) is 20.0 Å². The lowest BCUT2D eigenvalue weighted by molar-refractivity contribution is -0.137. The Morgan fingerprint density at radius 1 is 1.20 bits per heavy atom. The van der Waals surface area contributed by atoms with Gasteiger partial charge in [0.15, 0.2) is 0 Å². The molecule has 8 heteroatoms. The van der Waals surface area contributed by atoms with Gasteiger partial charge in [0.25, 0.3) is 0 Å². The van der Waals surface area contributed by atoms with Gasteiger partial charge in [0.1, 0.15) is 5.82 Å². The summed E-state index contributed by atoms with van der Waals surface area (Å²) in [6.07, 6.45) is -1.53. The average molecular weight is 281 g/mol. The molecule has 0 unspecified atom stereocenters. The highest BCUT2D eigenvalue weighted by atomic mass is 19.4. The molecule has 0 bridgehead atoms. The van der Waals surface area contributed by atoms with Crippen molar-refractivity contribution in [2.75, 3.05) is 5.73 Å². The molecule has 3 N–H and O–H groups in total. The number of nitrogens with zero attached hydrogens (tertiary/aromatic N) is 3. The van der Waals surface area contributed by atoms with Crippen LogP contribution in [-0.2, 0) is 13.2 Å². The molecular formula is C12H10F3N5. The zero-order chi connectivity index (χ0) is 14.5. The normalized spacial score (nSPS) is 12.2. The van der Waals surface area contributed by atoms with Crippen molar-refractivity contribution in [3.63, 3.8) is 0 Å². The first-order valence-corrected chi connectivity index (χ1v) is 5.70. The van der Waals surface area contributed by atoms with Crippen molar-refractivity contribution < 1.29 is 13.2 Å². The number of nitrogens with two attached hydrogens (primary N) is 1. The Bertz CT molecular complexity index is 784. The van der Waals surface area contributed by atoms with Gasteiger partial charge < -0.3 is 5.73 Å². The van der Waals surface area contributed by atoms with Crippen LogP contribution in [0.15, 0.2) is 24.5 Å². The Kier molecular flexibility index (Phi) is 2.50. The zero-order valence-electron chi connectivity index (χ0n) is 10.4. The highest BCUT2D eigenvalue weighted by Gasteiger charge is 2.32. The number of aryl methyl sites for hydroxylation is 1. The summed E-state index contributed by atoms with van der Waals surface area (Å²) in [5.41, 5.74) is 6.19. The molecule has 0 atom stereocenters. The molecule has 0 aliphatic heterocycles. The molecule has 0 saturated heterocycles. The molecule has 3 rings (SSSR count). The van der Waals surface area contributed by atoms with E-state index in [0.29, 0.717) is 27.8 Å². The third kappa shape index (κ3) is 1.80. The van der Waals surface area contributed by atoms with Crippen molar-refractivity contribution in [1.29, 1.82) is 0 Å². The van der Waals surface area contributed by atoms with Crippen LogP contribution in [0.1, 0.15) is 5.56 Å². The van der Waals surface area contributed by atoms with E-state index in [4.69, 9.17) is 5.73 Å². The third-order valence-electron chi connectivity index (χ3n) is 3.16. The maximum Gasteiger partial charge on any atom is 0.416 e. The van der Waals surface area contributed by atoms with Gasteiger partial charge in [-0.3, -0.25) is 9.78 Å². The number of aromatic nitrogens is 4. The Morgan fingerprint density at radius 3 is 2.55 bits per heavy atom. The Balaban J connectivity index is 2.34. The van der Waals surface area contributed by atoms with Gasteiger partial charge in [0.05, 0.1) is 23.5 Å². The van der Waals surface area contributed by atoms with Crippen LogP contribution in [0, 0.1) is 0 Å². The molecule has 0 aliphatic carbocycles. The van der Waals surface area contributed by atoms with E-state index in [1.165, 1.54) is 17.1 Å². The van der Waals surface area contributed by atoms with Crippen LogP contribution in [0.3, 0.4) is 0 Å². The number of hydrogen-bond acceptors (Lipinski definition) is 3. The van der Waals surface area contributed by atoms with Gasteiger partial charge in [0.2, 0.25) is 0 Å². The lowest BCUT2D eigenvalue weighted by Crippen LogP contribution is -2.05. The molecule has 0 fully saturated rings. The number of hydrogen-bond donors (Lipinski definition) is 2. The van der Waals surface area contributed by atoms with Gasteiger partial charge >= 0.3 is 6.18 Å². The van der Waals surface area contributed by atoms with E-state index >= 15 is 0 Å². The number of alkyl halides is 3. The minimum Gasteiger partial charge on any atom is -0.383 e. The number of rotatable bonds is 1. The van der Waals surface area contributed by atoms with Crippen LogP contribution in [-0.4, -0.2) is 20.0 Å². The Hall–Kier alpha value is -2.51. The summed E-state index contributed by atoms with van der Waals surface area (Å²) in [5.74, 6) is 0.298. The maximum absolute atomic E-state index is 12.9. The van der Waals surface area contributed by atoms with E-state index in [2.05, 4.69) is 15.3 Å². The van der Waals surface area contributed by atoms with Crippen LogP contribution in [0.25, 0.3) is 22.0 Å². The first kappa shape index (κ1) is 12.5. The lowest BCUT2D eigenvalue weighted by atomic mass is 10.0. The summed E-state index contributed by atoms with van der Waals surface area (Å²) in [7, 11) is 1.62. The number of H-pyrrole nitrogens is 1. The zero-order valence-corrected chi connectivity index (χ0v) is 10.4. The number of nitrogens with one attached hydrogen (secondary N) is 1. The van der Waals surface area contributed by atoms with Gasteiger partial charge in [-0.1, -0.05) is 0 Å². The highest BCUT2D eigenvalue weighted by Crippen LogP contribution is 2.38. The maximum atomic E-state index is 12.9. The quantitative estimate of drug-likeness (QED) is 0.720. The van der Waals surface area contributed by atoms with Crippen molar-refractivity contribution in [2.45, 2.75) is 6.18 Å². The molecule has 20 heavy (non-hydrogen) atoms. The highest BCUT2D eigenvalue weighted by molar-refractivity contribution is 5.97. The minimum atomic E-state index is -4.44. The fraction of sp³-hybridized carbons (Fsp3) is 0.167. The van der Waals surface area contributed by atoms with Crippen molar-refractivity contribution >= 4 is 16.7 Å². The van der Waals surface area contributed by atoms with Crippen LogP contribution in [0.2, 0.25) is 0 Å². The lowest BCUT2D eigenvalue weighted by Gasteiger charge is -2.10. The average Bonchev–Trinajstić information content (AvgIpc) is 2.96. The van der Waals surface area contributed by atoms with Crippen LogP contribution < -0.4 is 5.73 Å². The molecule has 2 heterocycles. The number of benzene rings is 1. The van der Waals surface area contributed by atoms with Crippen LogP contribution in [0.4, 0.5) is 19.0 Å². The standard InChI is InChI=1S/C12H10F3N5/c1-20-11(16)9(5-18-20)7-2-6(12(13,14)15)3-10-8(7)4-17-19-10/h2-5H,16H2,1H3,(H,17,19). The predicted octanol–water partition coefficient (Wildman–Crippen LogP) is 2.56.